The summed E-state index contributed by atoms with van der Waals surface area (Å²) in [5.74, 6) is -1.10. The van der Waals surface area contributed by atoms with Crippen molar-refractivity contribution < 1.29 is 19.4 Å². The lowest BCUT2D eigenvalue weighted by atomic mass is 10.0. The highest BCUT2D eigenvalue weighted by Crippen LogP contribution is 2.18. The maximum atomic E-state index is 11.7. The van der Waals surface area contributed by atoms with Crippen molar-refractivity contribution in [3.8, 4) is 0 Å². The minimum atomic E-state index is -1.10. The van der Waals surface area contributed by atoms with E-state index in [0.717, 1.165) is 15.6 Å². The number of aryl methyl sites for hydroxylation is 1. The molecule has 0 unspecified atom stereocenters. The molecule has 0 aliphatic heterocycles. The molecule has 0 spiro atoms. The molecule has 1 atom stereocenters. The average Bonchev–Trinajstić information content (AvgIpc) is 2.30. The van der Waals surface area contributed by atoms with E-state index in [2.05, 4.69) is 21.2 Å². The van der Waals surface area contributed by atoms with Crippen LogP contribution in [0.25, 0.3) is 0 Å². The SMILES string of the molecule is Cc1cc(C[C@H](NC(=O)OC(C)(C)C)C(=O)O)ccc1Br. The molecule has 2 N–H and O–H groups in total. The molecular formula is C15H20BrNO4. The largest absolute Gasteiger partial charge is 0.480 e. The molecule has 1 amide bonds. The smallest absolute Gasteiger partial charge is 0.408 e. The first-order chi connectivity index (χ1) is 9.58. The molecule has 5 nitrogen and oxygen atoms in total. The minimum absolute atomic E-state index is 0.197. The number of rotatable bonds is 4. The van der Waals surface area contributed by atoms with Gasteiger partial charge in [-0.15, -0.1) is 0 Å². The highest BCUT2D eigenvalue weighted by molar-refractivity contribution is 9.10. The number of carbonyl (C=O) groups is 2. The van der Waals surface area contributed by atoms with Crippen LogP contribution >= 0.6 is 15.9 Å². The first kappa shape index (κ1) is 17.5. The van der Waals surface area contributed by atoms with E-state index in [4.69, 9.17) is 4.74 Å². The van der Waals surface area contributed by atoms with Gasteiger partial charge in [0.05, 0.1) is 0 Å². The molecule has 0 bridgehead atoms. The van der Waals surface area contributed by atoms with Crippen LogP contribution in [0.4, 0.5) is 4.79 Å². The van der Waals surface area contributed by atoms with E-state index in [1.165, 1.54) is 0 Å². The van der Waals surface area contributed by atoms with Crippen molar-refractivity contribution in [1.29, 1.82) is 0 Å². The Morgan fingerprint density at radius 3 is 2.48 bits per heavy atom. The predicted molar refractivity (Wildman–Crippen MR) is 83.4 cm³/mol. The summed E-state index contributed by atoms with van der Waals surface area (Å²) in [6.07, 6.45) is -0.536. The third-order valence-corrected chi connectivity index (χ3v) is 3.54. The van der Waals surface area contributed by atoms with Crippen LogP contribution in [-0.2, 0) is 16.0 Å². The maximum Gasteiger partial charge on any atom is 0.408 e. The van der Waals surface area contributed by atoms with Gasteiger partial charge in [0.2, 0.25) is 0 Å². The molecule has 21 heavy (non-hydrogen) atoms. The fraction of sp³-hybridized carbons (Fsp3) is 0.467. The average molecular weight is 358 g/mol. The second-order valence-electron chi connectivity index (χ2n) is 5.82. The minimum Gasteiger partial charge on any atom is -0.480 e. The molecule has 0 aliphatic rings. The van der Waals surface area contributed by atoms with Gasteiger partial charge in [0.25, 0.3) is 0 Å². The molecule has 0 fully saturated rings. The van der Waals surface area contributed by atoms with E-state index in [1.54, 1.807) is 20.8 Å². The molecule has 1 aromatic carbocycles. The van der Waals surface area contributed by atoms with Crippen LogP contribution in [-0.4, -0.2) is 28.8 Å². The number of carbonyl (C=O) groups excluding carboxylic acids is 1. The van der Waals surface area contributed by atoms with Gasteiger partial charge in [-0.3, -0.25) is 0 Å². The van der Waals surface area contributed by atoms with Gasteiger partial charge in [0, 0.05) is 10.9 Å². The van der Waals surface area contributed by atoms with E-state index in [0.29, 0.717) is 0 Å². The van der Waals surface area contributed by atoms with E-state index in [-0.39, 0.29) is 6.42 Å². The van der Waals surface area contributed by atoms with Crippen LogP contribution in [0, 0.1) is 6.92 Å². The van der Waals surface area contributed by atoms with Gasteiger partial charge >= 0.3 is 12.1 Å². The molecule has 0 saturated heterocycles. The number of amides is 1. The topological polar surface area (TPSA) is 75.6 Å². The standard InChI is InChI=1S/C15H20BrNO4/c1-9-7-10(5-6-11(9)16)8-12(13(18)19)17-14(20)21-15(2,3)4/h5-7,12H,8H2,1-4H3,(H,17,20)(H,18,19)/t12-/m0/s1. The van der Waals surface area contributed by atoms with Crippen LogP contribution in [0.15, 0.2) is 22.7 Å². The third kappa shape index (κ3) is 6.16. The number of hydrogen-bond acceptors (Lipinski definition) is 3. The molecule has 1 rings (SSSR count). The molecule has 6 heteroatoms. The van der Waals surface area contributed by atoms with Crippen LogP contribution < -0.4 is 5.32 Å². The molecule has 1 aromatic rings. The van der Waals surface area contributed by atoms with Gasteiger partial charge in [-0.1, -0.05) is 28.1 Å². The van der Waals surface area contributed by atoms with Crippen molar-refractivity contribution in [3.63, 3.8) is 0 Å². The number of alkyl carbamates (subject to hydrolysis) is 1. The normalized spacial score (nSPS) is 12.6. The van der Waals surface area contributed by atoms with Crippen molar-refractivity contribution in [3.05, 3.63) is 33.8 Å². The number of aliphatic carboxylic acids is 1. The van der Waals surface area contributed by atoms with Gasteiger partial charge in [0.15, 0.2) is 0 Å². The summed E-state index contributed by atoms with van der Waals surface area (Å²) in [5.41, 5.74) is 1.18. The van der Waals surface area contributed by atoms with Crippen molar-refractivity contribution in [2.75, 3.05) is 0 Å². The zero-order chi connectivity index (χ0) is 16.2. The Kier molecular flexibility index (Phi) is 5.78. The fourth-order valence-corrected chi connectivity index (χ4v) is 1.97. The van der Waals surface area contributed by atoms with Crippen molar-refractivity contribution in [2.24, 2.45) is 0 Å². The molecule has 0 heterocycles. The number of ether oxygens (including phenoxy) is 1. The number of carboxylic acids is 1. The summed E-state index contributed by atoms with van der Waals surface area (Å²) in [4.78, 5) is 23.0. The number of halogens is 1. The van der Waals surface area contributed by atoms with Crippen molar-refractivity contribution in [2.45, 2.75) is 45.8 Å². The second kappa shape index (κ2) is 6.93. The Balaban J connectivity index is 2.76. The quantitative estimate of drug-likeness (QED) is 0.866. The summed E-state index contributed by atoms with van der Waals surface area (Å²) in [5, 5.41) is 11.6. The first-order valence-electron chi connectivity index (χ1n) is 6.56. The summed E-state index contributed by atoms with van der Waals surface area (Å²) < 4.78 is 6.03. The fourth-order valence-electron chi connectivity index (χ4n) is 1.72. The van der Waals surface area contributed by atoms with Gasteiger partial charge in [-0.25, -0.2) is 9.59 Å². The summed E-state index contributed by atoms with van der Waals surface area (Å²) >= 11 is 3.39. The van der Waals surface area contributed by atoms with E-state index in [1.807, 2.05) is 25.1 Å². The Morgan fingerprint density at radius 1 is 1.38 bits per heavy atom. The Hall–Kier alpha value is -1.56. The maximum absolute atomic E-state index is 11.7. The molecule has 0 aliphatic carbocycles. The van der Waals surface area contributed by atoms with Gasteiger partial charge < -0.3 is 15.2 Å². The summed E-state index contributed by atoms with van der Waals surface area (Å²) in [6.45, 7) is 7.09. The first-order valence-corrected chi connectivity index (χ1v) is 7.35. The van der Waals surface area contributed by atoms with Crippen LogP contribution in [0.5, 0.6) is 0 Å². The summed E-state index contributed by atoms with van der Waals surface area (Å²) in [6, 6.07) is 4.54. The van der Waals surface area contributed by atoms with E-state index >= 15 is 0 Å². The number of benzene rings is 1. The predicted octanol–water partition coefficient (Wildman–Crippen LogP) is 3.28. The lowest BCUT2D eigenvalue weighted by molar-refractivity contribution is -0.139. The highest BCUT2D eigenvalue weighted by Gasteiger charge is 2.24. The van der Waals surface area contributed by atoms with Gasteiger partial charge in [0.1, 0.15) is 11.6 Å². The number of hydrogen-bond donors (Lipinski definition) is 2. The molecule has 0 saturated carbocycles. The monoisotopic (exact) mass is 357 g/mol. The third-order valence-electron chi connectivity index (χ3n) is 2.65. The van der Waals surface area contributed by atoms with E-state index in [9.17, 15) is 14.7 Å². The molecular weight excluding hydrogens is 338 g/mol. The summed E-state index contributed by atoms with van der Waals surface area (Å²) in [7, 11) is 0. The lowest BCUT2D eigenvalue weighted by Gasteiger charge is -2.22. The Labute approximate surface area is 132 Å². The molecule has 116 valence electrons. The Bertz CT molecular complexity index is 537. The van der Waals surface area contributed by atoms with Crippen LogP contribution in [0.3, 0.4) is 0 Å². The zero-order valence-corrected chi connectivity index (χ0v) is 14.2. The molecule has 0 radical (unpaired) electrons. The van der Waals surface area contributed by atoms with Gasteiger partial charge in [-0.2, -0.15) is 0 Å². The molecule has 0 aromatic heterocycles. The number of nitrogens with one attached hydrogen (secondary N) is 1. The van der Waals surface area contributed by atoms with Crippen LogP contribution in [0.2, 0.25) is 0 Å². The Morgan fingerprint density at radius 2 is 2.00 bits per heavy atom. The highest BCUT2D eigenvalue weighted by atomic mass is 79.9. The number of carboxylic acid groups (broad SMARTS) is 1. The zero-order valence-electron chi connectivity index (χ0n) is 12.6. The van der Waals surface area contributed by atoms with Gasteiger partial charge in [-0.05, 0) is 44.9 Å². The van der Waals surface area contributed by atoms with Crippen molar-refractivity contribution in [1.82, 2.24) is 5.32 Å². The lowest BCUT2D eigenvalue weighted by Crippen LogP contribution is -2.44. The second-order valence-corrected chi connectivity index (χ2v) is 6.68. The van der Waals surface area contributed by atoms with E-state index < -0.39 is 23.7 Å². The van der Waals surface area contributed by atoms with Crippen molar-refractivity contribution >= 4 is 28.0 Å². The van der Waals surface area contributed by atoms with Crippen LogP contribution in [0.1, 0.15) is 31.9 Å².